The number of aliphatic hydroxyl groups is 1. The largest absolute Gasteiger partial charge is 0.392 e. The van der Waals surface area contributed by atoms with E-state index in [-0.39, 0.29) is 5.41 Å². The highest BCUT2D eigenvalue weighted by atomic mass is 79.9. The van der Waals surface area contributed by atoms with Crippen LogP contribution in [0.3, 0.4) is 0 Å². The van der Waals surface area contributed by atoms with Crippen molar-refractivity contribution in [1.82, 2.24) is 9.78 Å². The summed E-state index contributed by atoms with van der Waals surface area (Å²) in [5, 5.41) is 15.2. The molecule has 0 amide bonds. The molecule has 0 aliphatic heterocycles. The summed E-state index contributed by atoms with van der Waals surface area (Å²) in [5.74, 6) is 0. The van der Waals surface area contributed by atoms with Gasteiger partial charge in [-0.05, 0) is 27.9 Å². The zero-order valence-corrected chi connectivity index (χ0v) is 14.7. The van der Waals surface area contributed by atoms with Crippen molar-refractivity contribution in [3.63, 3.8) is 0 Å². The number of aryl methyl sites for hydroxylation is 2. The van der Waals surface area contributed by atoms with E-state index in [1.165, 1.54) is 0 Å². The molecular weight excluding hydrogens is 328 g/mol. The van der Waals surface area contributed by atoms with E-state index in [4.69, 9.17) is 0 Å². The van der Waals surface area contributed by atoms with E-state index < -0.39 is 6.10 Å². The standard InChI is InChI=1S/C17H23BrN2O/c1-5-13-16(18)14(20(4)19-13)11-15(21)17(2,3)12-9-7-6-8-10-12/h6-10,15,21H,5,11H2,1-4H3. The number of aliphatic hydroxyl groups excluding tert-OH is 1. The topological polar surface area (TPSA) is 38.0 Å². The molecular formula is C17H23BrN2O. The fraction of sp³-hybridized carbons (Fsp3) is 0.471. The molecule has 1 aromatic heterocycles. The van der Waals surface area contributed by atoms with E-state index in [2.05, 4.69) is 53.9 Å². The molecule has 1 N–H and O–H groups in total. The van der Waals surface area contributed by atoms with Crippen LogP contribution in [0.1, 0.15) is 37.7 Å². The molecule has 0 saturated carbocycles. The van der Waals surface area contributed by atoms with Crippen LogP contribution in [0.5, 0.6) is 0 Å². The quantitative estimate of drug-likeness (QED) is 0.893. The van der Waals surface area contributed by atoms with Crippen LogP contribution in [-0.2, 0) is 25.3 Å². The van der Waals surface area contributed by atoms with Gasteiger partial charge in [0, 0.05) is 18.9 Å². The second-order valence-corrected chi connectivity index (χ2v) is 6.79. The number of aromatic nitrogens is 2. The van der Waals surface area contributed by atoms with E-state index in [1.54, 1.807) is 0 Å². The number of hydrogen-bond donors (Lipinski definition) is 1. The molecule has 2 aromatic rings. The first-order valence-corrected chi connectivity index (χ1v) is 8.11. The average molecular weight is 351 g/mol. The van der Waals surface area contributed by atoms with E-state index in [1.807, 2.05) is 29.9 Å². The van der Waals surface area contributed by atoms with Gasteiger partial charge in [-0.2, -0.15) is 5.10 Å². The number of hydrogen-bond acceptors (Lipinski definition) is 2. The molecule has 1 aromatic carbocycles. The lowest BCUT2D eigenvalue weighted by Crippen LogP contribution is -2.35. The highest BCUT2D eigenvalue weighted by Gasteiger charge is 2.31. The predicted octanol–water partition coefficient (Wildman–Crippen LogP) is 3.63. The van der Waals surface area contributed by atoms with Crippen molar-refractivity contribution < 1.29 is 5.11 Å². The summed E-state index contributed by atoms with van der Waals surface area (Å²) in [4.78, 5) is 0. The maximum Gasteiger partial charge on any atom is 0.0766 e. The Morgan fingerprint density at radius 3 is 2.43 bits per heavy atom. The molecule has 21 heavy (non-hydrogen) atoms. The van der Waals surface area contributed by atoms with Crippen LogP contribution in [0.15, 0.2) is 34.8 Å². The van der Waals surface area contributed by atoms with Gasteiger partial charge in [0.25, 0.3) is 0 Å². The Hall–Kier alpha value is -1.13. The molecule has 0 saturated heterocycles. The lowest BCUT2D eigenvalue weighted by atomic mass is 9.78. The lowest BCUT2D eigenvalue weighted by molar-refractivity contribution is 0.0979. The highest BCUT2D eigenvalue weighted by Crippen LogP contribution is 2.31. The van der Waals surface area contributed by atoms with Crippen LogP contribution in [0, 0.1) is 0 Å². The highest BCUT2D eigenvalue weighted by molar-refractivity contribution is 9.10. The van der Waals surface area contributed by atoms with Gasteiger partial charge in [-0.15, -0.1) is 0 Å². The van der Waals surface area contributed by atoms with Crippen LogP contribution in [0.2, 0.25) is 0 Å². The van der Waals surface area contributed by atoms with Crippen molar-refractivity contribution in [2.24, 2.45) is 7.05 Å². The van der Waals surface area contributed by atoms with Gasteiger partial charge in [0.15, 0.2) is 0 Å². The van der Waals surface area contributed by atoms with Crippen molar-refractivity contribution >= 4 is 15.9 Å². The third kappa shape index (κ3) is 3.22. The number of halogens is 1. The van der Waals surface area contributed by atoms with Crippen LogP contribution in [0.4, 0.5) is 0 Å². The zero-order chi connectivity index (χ0) is 15.6. The lowest BCUT2D eigenvalue weighted by Gasteiger charge is -2.31. The van der Waals surface area contributed by atoms with Gasteiger partial charge in [-0.25, -0.2) is 0 Å². The maximum atomic E-state index is 10.8. The predicted molar refractivity (Wildman–Crippen MR) is 89.5 cm³/mol. The van der Waals surface area contributed by atoms with Crippen LogP contribution in [0.25, 0.3) is 0 Å². The fourth-order valence-corrected chi connectivity index (χ4v) is 3.32. The number of nitrogens with zero attached hydrogens (tertiary/aromatic N) is 2. The van der Waals surface area contributed by atoms with Crippen molar-refractivity contribution in [1.29, 1.82) is 0 Å². The van der Waals surface area contributed by atoms with Crippen LogP contribution < -0.4 is 0 Å². The van der Waals surface area contributed by atoms with E-state index in [9.17, 15) is 5.11 Å². The first-order valence-electron chi connectivity index (χ1n) is 7.31. The minimum absolute atomic E-state index is 0.308. The molecule has 4 heteroatoms. The Bertz CT molecular complexity index is 605. The molecule has 0 fully saturated rings. The number of rotatable bonds is 5. The monoisotopic (exact) mass is 350 g/mol. The normalized spacial score (nSPS) is 13.4. The van der Waals surface area contributed by atoms with Gasteiger partial charge >= 0.3 is 0 Å². The molecule has 0 aliphatic rings. The summed E-state index contributed by atoms with van der Waals surface area (Å²) in [6.45, 7) is 6.25. The van der Waals surface area contributed by atoms with Gasteiger partial charge in [0.1, 0.15) is 0 Å². The fourth-order valence-electron chi connectivity index (χ4n) is 2.54. The summed E-state index contributed by atoms with van der Waals surface area (Å²) in [6.07, 6.45) is 0.981. The number of benzene rings is 1. The van der Waals surface area contributed by atoms with Crippen molar-refractivity contribution in [2.75, 3.05) is 0 Å². The second kappa shape index (κ2) is 6.32. The van der Waals surface area contributed by atoms with Crippen molar-refractivity contribution in [3.8, 4) is 0 Å². The van der Waals surface area contributed by atoms with Gasteiger partial charge < -0.3 is 5.11 Å². The molecule has 1 heterocycles. The Morgan fingerprint density at radius 2 is 1.90 bits per heavy atom. The van der Waals surface area contributed by atoms with Crippen LogP contribution >= 0.6 is 15.9 Å². The molecule has 114 valence electrons. The van der Waals surface area contributed by atoms with Gasteiger partial charge in [-0.3, -0.25) is 4.68 Å². The van der Waals surface area contributed by atoms with Crippen LogP contribution in [-0.4, -0.2) is 21.0 Å². The minimum Gasteiger partial charge on any atom is -0.392 e. The van der Waals surface area contributed by atoms with E-state index in [0.29, 0.717) is 6.42 Å². The van der Waals surface area contributed by atoms with E-state index in [0.717, 1.165) is 27.8 Å². The first-order chi connectivity index (χ1) is 9.87. The molecule has 0 radical (unpaired) electrons. The summed E-state index contributed by atoms with van der Waals surface area (Å²) in [7, 11) is 1.93. The average Bonchev–Trinajstić information content (AvgIpc) is 2.75. The van der Waals surface area contributed by atoms with Crippen molar-refractivity contribution in [2.45, 2.75) is 45.1 Å². The maximum absolute atomic E-state index is 10.8. The summed E-state index contributed by atoms with van der Waals surface area (Å²) >= 11 is 3.62. The molecule has 3 nitrogen and oxygen atoms in total. The molecule has 1 unspecified atom stereocenters. The molecule has 0 bridgehead atoms. The molecule has 2 rings (SSSR count). The second-order valence-electron chi connectivity index (χ2n) is 5.99. The molecule has 1 atom stereocenters. The van der Waals surface area contributed by atoms with Crippen molar-refractivity contribution in [3.05, 3.63) is 51.8 Å². The van der Waals surface area contributed by atoms with Gasteiger partial charge in [-0.1, -0.05) is 51.1 Å². The van der Waals surface area contributed by atoms with E-state index >= 15 is 0 Å². The molecule has 0 spiro atoms. The summed E-state index contributed by atoms with van der Waals surface area (Å²) < 4.78 is 2.89. The third-order valence-corrected chi connectivity index (χ3v) is 5.16. The Balaban J connectivity index is 2.26. The Labute approximate surface area is 135 Å². The smallest absolute Gasteiger partial charge is 0.0766 e. The summed E-state index contributed by atoms with van der Waals surface area (Å²) in [5.41, 5.74) is 2.92. The first kappa shape index (κ1) is 16.2. The van der Waals surface area contributed by atoms with Gasteiger partial charge in [0.05, 0.1) is 22.0 Å². The summed E-state index contributed by atoms with van der Waals surface area (Å²) in [6, 6.07) is 10.2. The Kier molecular flexibility index (Phi) is 4.89. The third-order valence-electron chi connectivity index (χ3n) is 4.24. The SMILES string of the molecule is CCc1nn(C)c(CC(O)C(C)(C)c2ccccc2)c1Br. The minimum atomic E-state index is -0.476. The Morgan fingerprint density at radius 1 is 1.29 bits per heavy atom. The molecule has 0 aliphatic carbocycles. The zero-order valence-electron chi connectivity index (χ0n) is 13.1. The van der Waals surface area contributed by atoms with Gasteiger partial charge in [0.2, 0.25) is 0 Å².